The standard InChI is InChI=1S/C8H14FNO/c1-8(2,9)6-4-3-5-7(11)10-6/h6H,3-5H2,1-2H3,(H,10,11). The van der Waals surface area contributed by atoms with E-state index in [9.17, 15) is 9.18 Å². The minimum atomic E-state index is -1.28. The molecular weight excluding hydrogens is 145 g/mol. The minimum absolute atomic E-state index is 0.0213. The molecule has 0 aromatic heterocycles. The first kappa shape index (κ1) is 8.50. The van der Waals surface area contributed by atoms with Gasteiger partial charge in [-0.15, -0.1) is 0 Å². The molecule has 1 fully saturated rings. The van der Waals surface area contributed by atoms with Crippen LogP contribution < -0.4 is 5.32 Å². The Labute approximate surface area is 66.2 Å². The third kappa shape index (κ3) is 2.17. The lowest BCUT2D eigenvalue weighted by atomic mass is 9.92. The quantitative estimate of drug-likeness (QED) is 0.615. The lowest BCUT2D eigenvalue weighted by Crippen LogP contribution is -2.49. The maximum atomic E-state index is 13.2. The minimum Gasteiger partial charge on any atom is -0.350 e. The predicted molar refractivity (Wildman–Crippen MR) is 41.0 cm³/mol. The van der Waals surface area contributed by atoms with Crippen LogP contribution in [0, 0.1) is 0 Å². The van der Waals surface area contributed by atoms with Crippen molar-refractivity contribution < 1.29 is 9.18 Å². The third-order valence-electron chi connectivity index (χ3n) is 2.06. The Bertz CT molecular complexity index is 162. The summed E-state index contributed by atoms with van der Waals surface area (Å²) in [4.78, 5) is 10.8. The zero-order valence-electron chi connectivity index (χ0n) is 6.98. The van der Waals surface area contributed by atoms with Crippen molar-refractivity contribution in [2.75, 3.05) is 0 Å². The molecule has 0 aromatic carbocycles. The number of hydrogen-bond acceptors (Lipinski definition) is 1. The average Bonchev–Trinajstić information content (AvgIpc) is 1.86. The van der Waals surface area contributed by atoms with Gasteiger partial charge in [0.25, 0.3) is 0 Å². The molecule has 0 radical (unpaired) electrons. The molecule has 1 amide bonds. The number of rotatable bonds is 1. The van der Waals surface area contributed by atoms with Crippen molar-refractivity contribution in [3.63, 3.8) is 0 Å². The summed E-state index contributed by atoms with van der Waals surface area (Å²) in [6, 6.07) is -0.288. The normalized spacial score (nSPS) is 26.5. The molecule has 0 spiro atoms. The van der Waals surface area contributed by atoms with E-state index in [1.165, 1.54) is 13.8 Å². The van der Waals surface area contributed by atoms with Crippen molar-refractivity contribution in [2.45, 2.75) is 44.8 Å². The highest BCUT2D eigenvalue weighted by molar-refractivity contribution is 5.77. The number of amides is 1. The molecule has 0 aliphatic carbocycles. The van der Waals surface area contributed by atoms with Crippen molar-refractivity contribution in [3.8, 4) is 0 Å². The highest BCUT2D eigenvalue weighted by Gasteiger charge is 2.32. The van der Waals surface area contributed by atoms with E-state index in [1.807, 2.05) is 0 Å². The highest BCUT2D eigenvalue weighted by Crippen LogP contribution is 2.22. The van der Waals surface area contributed by atoms with E-state index in [0.29, 0.717) is 6.42 Å². The molecule has 1 unspecified atom stereocenters. The Balaban J connectivity index is 2.53. The van der Waals surface area contributed by atoms with E-state index < -0.39 is 5.67 Å². The summed E-state index contributed by atoms with van der Waals surface area (Å²) in [5.74, 6) is -0.0213. The summed E-state index contributed by atoms with van der Waals surface area (Å²) in [6.07, 6.45) is 2.12. The van der Waals surface area contributed by atoms with E-state index in [1.54, 1.807) is 0 Å². The second-order valence-corrected chi connectivity index (χ2v) is 3.58. The molecule has 1 saturated heterocycles. The molecule has 11 heavy (non-hydrogen) atoms. The monoisotopic (exact) mass is 159 g/mol. The molecule has 1 aliphatic rings. The van der Waals surface area contributed by atoms with Gasteiger partial charge in [-0.1, -0.05) is 0 Å². The SMILES string of the molecule is CC(C)(F)C1CCCC(=O)N1. The molecule has 1 heterocycles. The van der Waals surface area contributed by atoms with E-state index in [0.717, 1.165) is 12.8 Å². The van der Waals surface area contributed by atoms with Crippen LogP contribution in [-0.2, 0) is 4.79 Å². The van der Waals surface area contributed by atoms with Gasteiger partial charge in [0.1, 0.15) is 5.67 Å². The van der Waals surface area contributed by atoms with Crippen LogP contribution in [0.25, 0.3) is 0 Å². The fraction of sp³-hybridized carbons (Fsp3) is 0.875. The van der Waals surface area contributed by atoms with Crippen LogP contribution in [0.5, 0.6) is 0 Å². The van der Waals surface area contributed by atoms with E-state index >= 15 is 0 Å². The van der Waals surface area contributed by atoms with Crippen LogP contribution in [0.4, 0.5) is 4.39 Å². The Hall–Kier alpha value is -0.600. The largest absolute Gasteiger partial charge is 0.350 e. The molecule has 64 valence electrons. The van der Waals surface area contributed by atoms with Gasteiger partial charge in [0.05, 0.1) is 6.04 Å². The first-order chi connectivity index (χ1) is 5.00. The summed E-state index contributed by atoms with van der Waals surface area (Å²) in [5.41, 5.74) is -1.28. The summed E-state index contributed by atoms with van der Waals surface area (Å²) < 4.78 is 13.2. The number of halogens is 1. The number of carbonyl (C=O) groups is 1. The van der Waals surface area contributed by atoms with Gasteiger partial charge in [-0.2, -0.15) is 0 Å². The molecule has 0 aromatic rings. The Kier molecular flexibility index (Phi) is 2.16. The van der Waals surface area contributed by atoms with E-state index in [-0.39, 0.29) is 11.9 Å². The van der Waals surface area contributed by atoms with Crippen LogP contribution in [0.3, 0.4) is 0 Å². The Morgan fingerprint density at radius 1 is 1.64 bits per heavy atom. The fourth-order valence-electron chi connectivity index (χ4n) is 1.32. The Morgan fingerprint density at radius 3 is 2.64 bits per heavy atom. The van der Waals surface area contributed by atoms with Crippen molar-refractivity contribution in [1.29, 1.82) is 0 Å². The van der Waals surface area contributed by atoms with Gasteiger partial charge < -0.3 is 5.32 Å². The van der Waals surface area contributed by atoms with Crippen molar-refractivity contribution in [3.05, 3.63) is 0 Å². The third-order valence-corrected chi connectivity index (χ3v) is 2.06. The van der Waals surface area contributed by atoms with Gasteiger partial charge >= 0.3 is 0 Å². The molecule has 0 bridgehead atoms. The molecule has 0 saturated carbocycles. The molecule has 3 heteroatoms. The molecule has 1 N–H and O–H groups in total. The van der Waals surface area contributed by atoms with Gasteiger partial charge in [0.2, 0.25) is 5.91 Å². The van der Waals surface area contributed by atoms with Crippen LogP contribution in [0.2, 0.25) is 0 Å². The lowest BCUT2D eigenvalue weighted by molar-refractivity contribution is -0.124. The van der Waals surface area contributed by atoms with E-state index in [4.69, 9.17) is 0 Å². The number of carbonyl (C=O) groups excluding carboxylic acids is 1. The molecule has 1 aliphatic heterocycles. The highest BCUT2D eigenvalue weighted by atomic mass is 19.1. The zero-order valence-corrected chi connectivity index (χ0v) is 6.98. The zero-order chi connectivity index (χ0) is 8.48. The summed E-state index contributed by atoms with van der Waals surface area (Å²) >= 11 is 0. The molecular formula is C8H14FNO. The second-order valence-electron chi connectivity index (χ2n) is 3.58. The maximum absolute atomic E-state index is 13.2. The first-order valence-electron chi connectivity index (χ1n) is 3.98. The van der Waals surface area contributed by atoms with Crippen molar-refractivity contribution >= 4 is 5.91 Å². The van der Waals surface area contributed by atoms with Crippen LogP contribution >= 0.6 is 0 Å². The number of hydrogen-bond donors (Lipinski definition) is 1. The maximum Gasteiger partial charge on any atom is 0.220 e. The van der Waals surface area contributed by atoms with Gasteiger partial charge in [-0.25, -0.2) is 4.39 Å². The van der Waals surface area contributed by atoms with Gasteiger partial charge in [0, 0.05) is 6.42 Å². The molecule has 2 nitrogen and oxygen atoms in total. The van der Waals surface area contributed by atoms with E-state index in [2.05, 4.69) is 5.32 Å². The van der Waals surface area contributed by atoms with Crippen molar-refractivity contribution in [2.24, 2.45) is 0 Å². The summed E-state index contributed by atoms with van der Waals surface area (Å²) in [6.45, 7) is 3.01. The molecule has 1 atom stereocenters. The van der Waals surface area contributed by atoms with Crippen molar-refractivity contribution in [1.82, 2.24) is 5.32 Å². The fourth-order valence-corrected chi connectivity index (χ4v) is 1.32. The smallest absolute Gasteiger partial charge is 0.220 e. The number of piperidine rings is 1. The summed E-state index contributed by atoms with van der Waals surface area (Å²) in [5, 5.41) is 2.64. The van der Waals surface area contributed by atoms with Gasteiger partial charge in [-0.05, 0) is 26.7 Å². The average molecular weight is 159 g/mol. The number of nitrogens with one attached hydrogen (secondary N) is 1. The van der Waals surface area contributed by atoms with Crippen LogP contribution in [-0.4, -0.2) is 17.6 Å². The van der Waals surface area contributed by atoms with Gasteiger partial charge in [0.15, 0.2) is 0 Å². The topological polar surface area (TPSA) is 29.1 Å². The molecule has 1 rings (SSSR count). The lowest BCUT2D eigenvalue weighted by Gasteiger charge is -2.31. The van der Waals surface area contributed by atoms with Gasteiger partial charge in [-0.3, -0.25) is 4.79 Å². The second kappa shape index (κ2) is 2.80. The van der Waals surface area contributed by atoms with Crippen LogP contribution in [0.15, 0.2) is 0 Å². The predicted octanol–water partition coefficient (Wildman–Crippen LogP) is 1.40. The summed E-state index contributed by atoms with van der Waals surface area (Å²) in [7, 11) is 0. The Morgan fingerprint density at radius 2 is 2.27 bits per heavy atom. The van der Waals surface area contributed by atoms with Crippen LogP contribution in [0.1, 0.15) is 33.1 Å². The number of alkyl halides is 1. The first-order valence-corrected chi connectivity index (χ1v) is 3.98.